The molecule has 1 N–H and O–H groups in total. The minimum absolute atomic E-state index is 0.0151. The number of hydrogen-bond acceptors (Lipinski definition) is 4. The van der Waals surface area contributed by atoms with Crippen LogP contribution >= 0.6 is 0 Å². The van der Waals surface area contributed by atoms with Crippen LogP contribution < -0.4 is 10.2 Å². The Morgan fingerprint density at radius 2 is 1.87 bits per heavy atom. The van der Waals surface area contributed by atoms with Crippen molar-refractivity contribution in [2.45, 2.75) is 77.0 Å². The molecular formula is C25H33N3O3. The molecule has 6 heteroatoms. The zero-order valence-corrected chi connectivity index (χ0v) is 18.2. The van der Waals surface area contributed by atoms with Crippen LogP contribution in [0.5, 0.6) is 0 Å². The Morgan fingerprint density at radius 3 is 2.68 bits per heavy atom. The number of carbonyl (C=O) groups is 2. The van der Waals surface area contributed by atoms with Gasteiger partial charge in [0.2, 0.25) is 5.91 Å². The minimum Gasteiger partial charge on any atom is -0.335 e. The molecular weight excluding hydrogens is 390 g/mol. The summed E-state index contributed by atoms with van der Waals surface area (Å²) >= 11 is 0. The number of nitrogens with one attached hydrogen (secondary N) is 1. The van der Waals surface area contributed by atoms with E-state index < -0.39 is 0 Å². The van der Waals surface area contributed by atoms with E-state index in [1.54, 1.807) is 6.33 Å². The molecule has 4 rings (SSSR count). The van der Waals surface area contributed by atoms with Gasteiger partial charge in [-0.15, -0.1) is 0 Å². The van der Waals surface area contributed by atoms with E-state index in [1.165, 1.54) is 43.3 Å². The van der Waals surface area contributed by atoms with E-state index >= 15 is 0 Å². The van der Waals surface area contributed by atoms with Gasteiger partial charge in [0.1, 0.15) is 6.33 Å². The molecule has 6 nitrogen and oxygen atoms in total. The molecule has 166 valence electrons. The fraction of sp³-hybridized carbons (Fsp3) is 0.560. The number of para-hydroxylation sites is 1. The van der Waals surface area contributed by atoms with Crippen molar-refractivity contribution < 1.29 is 14.4 Å². The summed E-state index contributed by atoms with van der Waals surface area (Å²) < 4.78 is 1.52. The Labute approximate surface area is 184 Å². The van der Waals surface area contributed by atoms with E-state index in [0.29, 0.717) is 19.3 Å². The van der Waals surface area contributed by atoms with Crippen molar-refractivity contribution in [2.75, 3.05) is 5.32 Å². The van der Waals surface area contributed by atoms with Crippen LogP contribution in [0.4, 0.5) is 5.69 Å². The van der Waals surface area contributed by atoms with Crippen LogP contribution in [-0.4, -0.2) is 21.6 Å². The van der Waals surface area contributed by atoms with E-state index in [4.69, 9.17) is 4.84 Å². The van der Waals surface area contributed by atoms with Crippen molar-refractivity contribution >= 4 is 17.6 Å². The maximum Gasteiger partial charge on any atom is 0.332 e. The van der Waals surface area contributed by atoms with Gasteiger partial charge in [-0.05, 0) is 37.3 Å². The van der Waals surface area contributed by atoms with E-state index in [2.05, 4.69) is 10.3 Å². The maximum absolute atomic E-state index is 12.6. The molecule has 2 aliphatic carbocycles. The first-order chi connectivity index (χ1) is 15.2. The van der Waals surface area contributed by atoms with Crippen molar-refractivity contribution in [1.29, 1.82) is 0 Å². The third-order valence-electron chi connectivity index (χ3n) is 6.67. The Bertz CT molecular complexity index is 871. The van der Waals surface area contributed by atoms with Gasteiger partial charge in [0.25, 0.3) is 0 Å². The number of rotatable bonds is 8. The summed E-state index contributed by atoms with van der Waals surface area (Å²) in [6.07, 6.45) is 14.0. The molecule has 0 bridgehead atoms. The Balaban J connectivity index is 1.22. The smallest absolute Gasteiger partial charge is 0.332 e. The molecule has 1 fully saturated rings. The molecule has 1 saturated carbocycles. The van der Waals surface area contributed by atoms with Gasteiger partial charge in [-0.1, -0.05) is 63.1 Å². The average Bonchev–Trinajstić information content (AvgIpc) is 3.20. The van der Waals surface area contributed by atoms with Crippen LogP contribution in [0.3, 0.4) is 0 Å². The van der Waals surface area contributed by atoms with Crippen molar-refractivity contribution in [3.63, 3.8) is 0 Å². The number of carbonyl (C=O) groups excluding carboxylic acids is 2. The van der Waals surface area contributed by atoms with E-state index in [0.717, 1.165) is 42.3 Å². The number of imidazole rings is 1. The normalized spacial score (nSPS) is 18.9. The second-order valence-electron chi connectivity index (χ2n) is 8.97. The SMILES string of the molecule is O=C(CCCCC1CCCCC1)On1cnc2c1CCC(C(=O)Nc1ccccc1)C2. The van der Waals surface area contributed by atoms with Crippen molar-refractivity contribution in [3.8, 4) is 0 Å². The summed E-state index contributed by atoms with van der Waals surface area (Å²) in [6, 6.07) is 9.50. The molecule has 2 aliphatic rings. The molecule has 31 heavy (non-hydrogen) atoms. The molecule has 1 unspecified atom stereocenters. The number of anilines is 1. The van der Waals surface area contributed by atoms with Gasteiger partial charge in [0, 0.05) is 24.4 Å². The lowest BCUT2D eigenvalue weighted by Crippen LogP contribution is -2.30. The molecule has 0 saturated heterocycles. The summed E-state index contributed by atoms with van der Waals surface area (Å²) in [5.74, 6) is 0.554. The van der Waals surface area contributed by atoms with Crippen LogP contribution in [0.2, 0.25) is 0 Å². The van der Waals surface area contributed by atoms with Gasteiger partial charge in [-0.25, -0.2) is 9.78 Å². The predicted octanol–water partition coefficient (Wildman–Crippen LogP) is 4.72. The van der Waals surface area contributed by atoms with Crippen molar-refractivity contribution in [2.24, 2.45) is 11.8 Å². The molecule has 0 aliphatic heterocycles. The molecule has 2 aromatic rings. The summed E-state index contributed by atoms with van der Waals surface area (Å²) in [5, 5.41) is 2.97. The number of fused-ring (bicyclic) bond motifs is 1. The molecule has 1 heterocycles. The van der Waals surface area contributed by atoms with Crippen LogP contribution in [0.15, 0.2) is 36.7 Å². The molecule has 1 aromatic heterocycles. The maximum atomic E-state index is 12.6. The molecule has 0 radical (unpaired) electrons. The molecule has 0 spiro atoms. The monoisotopic (exact) mass is 423 g/mol. The Kier molecular flexibility index (Phi) is 7.39. The zero-order valence-electron chi connectivity index (χ0n) is 18.2. The Morgan fingerprint density at radius 1 is 1.06 bits per heavy atom. The fourth-order valence-corrected chi connectivity index (χ4v) is 4.87. The van der Waals surface area contributed by atoms with Crippen LogP contribution in [0.1, 0.15) is 75.6 Å². The minimum atomic E-state index is -0.201. The standard InChI is InChI=1S/C25H33N3O3/c29-24(14-8-7-11-19-9-3-1-4-10-19)31-28-18-26-22-17-20(15-16-23(22)28)25(30)27-21-12-5-2-6-13-21/h2,5-6,12-13,18-20H,1,3-4,7-11,14-17H2,(H,27,30). The van der Waals surface area contributed by atoms with Gasteiger partial charge in [0.05, 0.1) is 11.4 Å². The zero-order chi connectivity index (χ0) is 21.5. The third kappa shape index (κ3) is 5.96. The van der Waals surface area contributed by atoms with E-state index in [9.17, 15) is 9.59 Å². The second-order valence-corrected chi connectivity index (χ2v) is 8.97. The summed E-state index contributed by atoms with van der Waals surface area (Å²) in [4.78, 5) is 34.8. The summed E-state index contributed by atoms with van der Waals surface area (Å²) in [5.41, 5.74) is 2.57. The Hall–Kier alpha value is -2.63. The summed E-state index contributed by atoms with van der Waals surface area (Å²) in [6.45, 7) is 0. The predicted molar refractivity (Wildman–Crippen MR) is 119 cm³/mol. The quantitative estimate of drug-likeness (QED) is 0.624. The third-order valence-corrected chi connectivity index (χ3v) is 6.67. The lowest BCUT2D eigenvalue weighted by atomic mass is 9.86. The number of amides is 1. The van der Waals surface area contributed by atoms with Gasteiger partial charge in [-0.3, -0.25) is 4.79 Å². The number of benzene rings is 1. The van der Waals surface area contributed by atoms with E-state index in [-0.39, 0.29) is 17.8 Å². The number of nitrogens with zero attached hydrogens (tertiary/aromatic N) is 2. The lowest BCUT2D eigenvalue weighted by molar-refractivity contribution is -0.144. The highest BCUT2D eigenvalue weighted by atomic mass is 16.7. The molecule has 1 atom stereocenters. The second kappa shape index (κ2) is 10.6. The van der Waals surface area contributed by atoms with Gasteiger partial charge < -0.3 is 10.2 Å². The average molecular weight is 424 g/mol. The largest absolute Gasteiger partial charge is 0.335 e. The first-order valence-corrected chi connectivity index (χ1v) is 11.8. The highest BCUT2D eigenvalue weighted by molar-refractivity contribution is 5.92. The highest BCUT2D eigenvalue weighted by Crippen LogP contribution is 2.28. The van der Waals surface area contributed by atoms with Gasteiger partial charge in [0.15, 0.2) is 0 Å². The van der Waals surface area contributed by atoms with Crippen LogP contribution in [0, 0.1) is 11.8 Å². The lowest BCUT2D eigenvalue weighted by Gasteiger charge is -2.22. The molecule has 1 amide bonds. The highest BCUT2D eigenvalue weighted by Gasteiger charge is 2.29. The van der Waals surface area contributed by atoms with Crippen LogP contribution in [0.25, 0.3) is 0 Å². The van der Waals surface area contributed by atoms with Gasteiger partial charge >= 0.3 is 5.97 Å². The summed E-state index contributed by atoms with van der Waals surface area (Å²) in [7, 11) is 0. The molecule has 1 aromatic carbocycles. The van der Waals surface area contributed by atoms with Crippen LogP contribution in [-0.2, 0) is 22.4 Å². The number of aromatic nitrogens is 2. The van der Waals surface area contributed by atoms with Crippen molar-refractivity contribution in [1.82, 2.24) is 9.71 Å². The fourth-order valence-electron chi connectivity index (χ4n) is 4.87. The first-order valence-electron chi connectivity index (χ1n) is 11.8. The topological polar surface area (TPSA) is 73.2 Å². The van der Waals surface area contributed by atoms with Gasteiger partial charge in [-0.2, -0.15) is 4.73 Å². The van der Waals surface area contributed by atoms with E-state index in [1.807, 2.05) is 30.3 Å². The number of unbranched alkanes of at least 4 members (excludes halogenated alkanes) is 1. The van der Waals surface area contributed by atoms with Crippen molar-refractivity contribution in [3.05, 3.63) is 48.0 Å². The number of hydrogen-bond donors (Lipinski definition) is 1. The first kappa shape index (κ1) is 21.6.